The number of nitrogens with one attached hydrogen (secondary N) is 1. The molecule has 0 saturated carbocycles. The quantitative estimate of drug-likeness (QED) is 0.791. The number of aromatic nitrogens is 2. The van der Waals surface area contributed by atoms with Crippen molar-refractivity contribution in [1.82, 2.24) is 20.0 Å². The van der Waals surface area contributed by atoms with Crippen molar-refractivity contribution in [3.63, 3.8) is 0 Å². The third kappa shape index (κ3) is 4.37. The highest BCUT2D eigenvalue weighted by Gasteiger charge is 2.33. The van der Waals surface area contributed by atoms with Crippen LogP contribution in [0.5, 0.6) is 0 Å². The SMILES string of the molecule is CCn1cc(CNC(=O)CC2CCC(=O)N2Cc2cccc(F)c2F)c(C)n1. The molecule has 1 aromatic carbocycles. The molecule has 1 aliphatic heterocycles. The second-order valence-electron chi connectivity index (χ2n) is 7.00. The van der Waals surface area contributed by atoms with E-state index in [0.717, 1.165) is 23.9 Å². The van der Waals surface area contributed by atoms with Gasteiger partial charge in [-0.25, -0.2) is 8.78 Å². The van der Waals surface area contributed by atoms with Crippen LogP contribution in [0.25, 0.3) is 0 Å². The van der Waals surface area contributed by atoms with Gasteiger partial charge in [0, 0.05) is 55.8 Å². The monoisotopic (exact) mass is 390 g/mol. The maximum absolute atomic E-state index is 13.9. The number of aryl methyl sites for hydroxylation is 2. The molecular weight excluding hydrogens is 366 g/mol. The van der Waals surface area contributed by atoms with Crippen LogP contribution in [0.4, 0.5) is 8.78 Å². The van der Waals surface area contributed by atoms with Gasteiger partial charge in [-0.3, -0.25) is 14.3 Å². The zero-order chi connectivity index (χ0) is 20.3. The van der Waals surface area contributed by atoms with Gasteiger partial charge < -0.3 is 10.2 Å². The molecule has 0 radical (unpaired) electrons. The summed E-state index contributed by atoms with van der Waals surface area (Å²) in [5, 5.41) is 7.20. The molecule has 1 N–H and O–H groups in total. The number of hydrogen-bond acceptors (Lipinski definition) is 3. The Labute approximate surface area is 162 Å². The molecular formula is C20H24F2N4O2. The summed E-state index contributed by atoms with van der Waals surface area (Å²) in [5.41, 5.74) is 1.92. The van der Waals surface area contributed by atoms with Crippen molar-refractivity contribution in [2.75, 3.05) is 0 Å². The number of likely N-dealkylation sites (tertiary alicyclic amines) is 1. The predicted octanol–water partition coefficient (Wildman–Crippen LogP) is 2.69. The van der Waals surface area contributed by atoms with E-state index in [4.69, 9.17) is 0 Å². The molecule has 6 nitrogen and oxygen atoms in total. The first-order valence-electron chi connectivity index (χ1n) is 9.41. The van der Waals surface area contributed by atoms with Gasteiger partial charge >= 0.3 is 0 Å². The minimum atomic E-state index is -0.950. The topological polar surface area (TPSA) is 67.2 Å². The minimum Gasteiger partial charge on any atom is -0.352 e. The Hall–Kier alpha value is -2.77. The minimum absolute atomic E-state index is 0.0389. The fourth-order valence-corrected chi connectivity index (χ4v) is 3.45. The first-order chi connectivity index (χ1) is 13.4. The second kappa shape index (κ2) is 8.50. The zero-order valence-electron chi connectivity index (χ0n) is 16.0. The summed E-state index contributed by atoms with van der Waals surface area (Å²) in [6.45, 7) is 4.96. The van der Waals surface area contributed by atoms with E-state index in [0.29, 0.717) is 19.4 Å². The van der Waals surface area contributed by atoms with E-state index >= 15 is 0 Å². The Balaban J connectivity index is 1.60. The van der Waals surface area contributed by atoms with Crippen molar-refractivity contribution >= 4 is 11.8 Å². The lowest BCUT2D eigenvalue weighted by atomic mass is 10.1. The fraction of sp³-hybridized carbons (Fsp3) is 0.450. The summed E-state index contributed by atoms with van der Waals surface area (Å²) in [6.07, 6.45) is 2.85. The molecule has 2 amide bonds. The van der Waals surface area contributed by atoms with Gasteiger partial charge in [-0.15, -0.1) is 0 Å². The van der Waals surface area contributed by atoms with Crippen molar-refractivity contribution in [3.8, 4) is 0 Å². The van der Waals surface area contributed by atoms with Gasteiger partial charge in [0.15, 0.2) is 11.6 Å². The molecule has 2 heterocycles. The number of amides is 2. The lowest BCUT2D eigenvalue weighted by Crippen LogP contribution is -2.37. The van der Waals surface area contributed by atoms with Crippen LogP contribution < -0.4 is 5.32 Å². The largest absolute Gasteiger partial charge is 0.352 e. The Morgan fingerprint density at radius 2 is 2.11 bits per heavy atom. The Kier molecular flexibility index (Phi) is 6.06. The van der Waals surface area contributed by atoms with Gasteiger partial charge in [0.25, 0.3) is 0 Å². The van der Waals surface area contributed by atoms with E-state index in [2.05, 4.69) is 10.4 Å². The molecule has 3 rings (SSSR count). The second-order valence-corrected chi connectivity index (χ2v) is 7.00. The smallest absolute Gasteiger partial charge is 0.223 e. The van der Waals surface area contributed by atoms with Crippen molar-refractivity contribution in [1.29, 1.82) is 0 Å². The van der Waals surface area contributed by atoms with Crippen LogP contribution in [0.2, 0.25) is 0 Å². The molecule has 1 atom stereocenters. The average Bonchev–Trinajstić information content (AvgIpc) is 3.20. The van der Waals surface area contributed by atoms with E-state index in [1.807, 2.05) is 24.7 Å². The average molecular weight is 390 g/mol. The molecule has 1 fully saturated rings. The molecule has 0 bridgehead atoms. The molecule has 2 aromatic rings. The van der Waals surface area contributed by atoms with Crippen LogP contribution in [-0.4, -0.2) is 32.5 Å². The van der Waals surface area contributed by atoms with Gasteiger partial charge in [0.2, 0.25) is 11.8 Å². The van der Waals surface area contributed by atoms with Crippen LogP contribution in [0.15, 0.2) is 24.4 Å². The first-order valence-corrected chi connectivity index (χ1v) is 9.41. The highest BCUT2D eigenvalue weighted by atomic mass is 19.2. The Morgan fingerprint density at radius 3 is 2.82 bits per heavy atom. The number of rotatable bonds is 7. The van der Waals surface area contributed by atoms with Crippen LogP contribution in [-0.2, 0) is 29.2 Å². The maximum Gasteiger partial charge on any atom is 0.223 e. The van der Waals surface area contributed by atoms with Gasteiger partial charge in [-0.05, 0) is 26.3 Å². The number of carbonyl (C=O) groups excluding carboxylic acids is 2. The predicted molar refractivity (Wildman–Crippen MR) is 99.0 cm³/mol. The zero-order valence-corrected chi connectivity index (χ0v) is 16.0. The Morgan fingerprint density at radius 1 is 1.32 bits per heavy atom. The third-order valence-electron chi connectivity index (χ3n) is 5.09. The molecule has 1 aliphatic rings. The van der Waals surface area contributed by atoms with Crippen LogP contribution in [0.1, 0.15) is 43.0 Å². The number of hydrogen-bond donors (Lipinski definition) is 1. The van der Waals surface area contributed by atoms with Gasteiger partial charge in [-0.1, -0.05) is 12.1 Å². The van der Waals surface area contributed by atoms with Gasteiger partial charge in [0.05, 0.1) is 5.69 Å². The van der Waals surface area contributed by atoms with E-state index in [9.17, 15) is 18.4 Å². The summed E-state index contributed by atoms with van der Waals surface area (Å²) in [6, 6.07) is 3.58. The van der Waals surface area contributed by atoms with Crippen LogP contribution in [0.3, 0.4) is 0 Å². The van der Waals surface area contributed by atoms with E-state index in [-0.39, 0.29) is 36.4 Å². The van der Waals surface area contributed by atoms with Gasteiger partial charge in [-0.2, -0.15) is 5.10 Å². The lowest BCUT2D eigenvalue weighted by Gasteiger charge is -2.25. The number of halogens is 2. The number of nitrogens with zero attached hydrogens (tertiary/aromatic N) is 3. The summed E-state index contributed by atoms with van der Waals surface area (Å²) in [4.78, 5) is 26.0. The molecule has 1 aromatic heterocycles. The van der Waals surface area contributed by atoms with Gasteiger partial charge in [0.1, 0.15) is 0 Å². The van der Waals surface area contributed by atoms with E-state index in [1.54, 1.807) is 0 Å². The highest BCUT2D eigenvalue weighted by molar-refractivity contribution is 5.82. The fourth-order valence-electron chi connectivity index (χ4n) is 3.45. The third-order valence-corrected chi connectivity index (χ3v) is 5.09. The van der Waals surface area contributed by atoms with Crippen molar-refractivity contribution in [3.05, 3.63) is 52.9 Å². The molecule has 1 saturated heterocycles. The summed E-state index contributed by atoms with van der Waals surface area (Å²) in [5.74, 6) is -2.23. The van der Waals surface area contributed by atoms with Crippen LogP contribution in [0, 0.1) is 18.6 Å². The lowest BCUT2D eigenvalue weighted by molar-refractivity contribution is -0.130. The first kappa shape index (κ1) is 20.0. The highest BCUT2D eigenvalue weighted by Crippen LogP contribution is 2.25. The number of carbonyl (C=O) groups is 2. The van der Waals surface area contributed by atoms with Crippen molar-refractivity contribution < 1.29 is 18.4 Å². The molecule has 28 heavy (non-hydrogen) atoms. The summed E-state index contributed by atoms with van der Waals surface area (Å²) < 4.78 is 29.2. The molecule has 0 spiro atoms. The van der Waals surface area contributed by atoms with Crippen LogP contribution >= 0.6 is 0 Å². The number of benzene rings is 1. The normalized spacial score (nSPS) is 16.6. The Bertz CT molecular complexity index is 881. The van der Waals surface area contributed by atoms with Crippen molar-refractivity contribution in [2.24, 2.45) is 0 Å². The molecule has 1 unspecified atom stereocenters. The van der Waals surface area contributed by atoms with Crippen molar-refractivity contribution in [2.45, 2.75) is 58.8 Å². The molecule has 0 aliphatic carbocycles. The molecule has 150 valence electrons. The van der Waals surface area contributed by atoms with E-state index in [1.165, 1.54) is 17.0 Å². The molecule has 8 heteroatoms. The summed E-state index contributed by atoms with van der Waals surface area (Å²) in [7, 11) is 0. The van der Waals surface area contributed by atoms with E-state index < -0.39 is 11.6 Å². The maximum atomic E-state index is 13.9. The summed E-state index contributed by atoms with van der Waals surface area (Å²) >= 11 is 0. The standard InChI is InChI=1S/C20H24F2N4O2/c1-3-25-11-15(13(2)24-25)10-23-18(27)9-16-7-8-19(28)26(16)12-14-5-4-6-17(21)20(14)22/h4-6,11,16H,3,7-10,12H2,1-2H3,(H,23,27).